The predicted molar refractivity (Wildman–Crippen MR) is 243 cm³/mol. The Morgan fingerprint density at radius 3 is 2.47 bits per heavy atom. The van der Waals surface area contributed by atoms with Gasteiger partial charge in [-0.3, -0.25) is 9.79 Å². The molecule has 12 N–H and O–H groups in total. The Morgan fingerprint density at radius 1 is 0.955 bits per heavy atom. The van der Waals surface area contributed by atoms with Gasteiger partial charge in [0.15, 0.2) is 29.0 Å². The van der Waals surface area contributed by atoms with Crippen LogP contribution in [0.5, 0.6) is 23.0 Å². The molecule has 3 aromatic carbocycles. The molecule has 0 spiro atoms. The van der Waals surface area contributed by atoms with Crippen molar-refractivity contribution in [2.45, 2.75) is 68.3 Å². The number of phenolic OH excluding ortho intramolecular Hbond substituents is 3. The van der Waals surface area contributed by atoms with Crippen LogP contribution in [0.1, 0.15) is 48.8 Å². The van der Waals surface area contributed by atoms with Crippen LogP contribution in [-0.2, 0) is 9.53 Å². The maximum Gasteiger partial charge on any atom is 0.335 e. The zero-order valence-electron chi connectivity index (χ0n) is 36.3. The standard InChI is InChI=1S/C50H54N4O12/c1-21-6-5-8-23(14-21)37-28-13-12-27-32(37)17-31-25-9-4-3-7-22(25)15-30(38(31)39(27)41(28)53-2)29-16-24(55)10-11-26(29)34-18-33(56)40-35(64-34)19-36(42(57)43(40)58)65-48-46(60)50(63,20-54-49(51)52)45(59)44(66-48)47(61)62/h3-5,7-13,15-16,18-19,21,23,27-28,31-32,37-39,41,44-46,48,53,55,57-60,63H,6,14,17,20H2,1-2H3,(H,61,62)(H4,51,52,54). The van der Waals surface area contributed by atoms with E-state index in [4.69, 9.17) is 25.4 Å². The van der Waals surface area contributed by atoms with E-state index in [1.54, 1.807) is 12.1 Å². The topological polar surface area (TPSA) is 284 Å². The molecule has 16 nitrogen and oxygen atoms in total. The van der Waals surface area contributed by atoms with Gasteiger partial charge in [0.25, 0.3) is 0 Å². The zero-order chi connectivity index (χ0) is 46.5. The van der Waals surface area contributed by atoms with Crippen molar-refractivity contribution in [1.29, 1.82) is 0 Å². The van der Waals surface area contributed by atoms with Crippen molar-refractivity contribution in [3.63, 3.8) is 0 Å². The van der Waals surface area contributed by atoms with Crippen LogP contribution in [0.4, 0.5) is 0 Å². The molecule has 7 aliphatic rings. The number of hydrogen-bond donors (Lipinski definition) is 10. The molecule has 346 valence electrons. The molecule has 4 bridgehead atoms. The highest BCUT2D eigenvalue weighted by molar-refractivity contribution is 5.94. The first-order valence-electron chi connectivity index (χ1n) is 22.5. The van der Waals surface area contributed by atoms with Gasteiger partial charge in [0.2, 0.25) is 12.0 Å². The molecule has 0 amide bonds. The number of allylic oxidation sites excluding steroid dienone is 4. The number of fused-ring (bicyclic) bond motifs is 4. The summed E-state index contributed by atoms with van der Waals surface area (Å²) in [6.45, 7) is 1.48. The van der Waals surface area contributed by atoms with Gasteiger partial charge >= 0.3 is 5.97 Å². The number of guanidine groups is 1. The summed E-state index contributed by atoms with van der Waals surface area (Å²) in [6.07, 6.45) is 6.46. The molecule has 1 saturated heterocycles. The number of carboxylic acids is 1. The molecule has 6 aliphatic carbocycles. The molecule has 1 aliphatic heterocycles. The largest absolute Gasteiger partial charge is 0.508 e. The average molecular weight is 903 g/mol. The molecule has 11 rings (SSSR count). The minimum absolute atomic E-state index is 0.00207. The van der Waals surface area contributed by atoms with Crippen molar-refractivity contribution in [3.8, 4) is 34.3 Å². The highest BCUT2D eigenvalue weighted by atomic mass is 16.7. The molecule has 0 radical (unpaired) electrons. The molecule has 16 heteroatoms. The van der Waals surface area contributed by atoms with Gasteiger partial charge < -0.3 is 66.4 Å². The Kier molecular flexibility index (Phi) is 10.8. The first-order valence-corrected chi connectivity index (χ1v) is 22.5. The van der Waals surface area contributed by atoms with Crippen molar-refractivity contribution in [2.24, 2.45) is 63.8 Å². The number of benzene rings is 3. The number of aliphatic hydroxyl groups excluding tert-OH is 2. The maximum atomic E-state index is 14.0. The number of rotatable bonds is 9. The molecular weight excluding hydrogens is 849 g/mol. The van der Waals surface area contributed by atoms with Crippen LogP contribution in [0.3, 0.4) is 0 Å². The van der Waals surface area contributed by atoms with Gasteiger partial charge in [0.1, 0.15) is 40.3 Å². The van der Waals surface area contributed by atoms with Crippen LogP contribution in [0, 0.1) is 47.3 Å². The Morgan fingerprint density at radius 2 is 1.73 bits per heavy atom. The molecule has 3 fully saturated rings. The summed E-state index contributed by atoms with van der Waals surface area (Å²) in [5.41, 5.74) is 11.5. The van der Waals surface area contributed by atoms with Crippen LogP contribution in [0.15, 0.2) is 93.1 Å². The van der Waals surface area contributed by atoms with Crippen molar-refractivity contribution < 1.29 is 54.4 Å². The number of nitrogens with one attached hydrogen (secondary N) is 1. The third-order valence-corrected chi connectivity index (χ3v) is 15.5. The van der Waals surface area contributed by atoms with Gasteiger partial charge in [-0.15, -0.1) is 0 Å². The summed E-state index contributed by atoms with van der Waals surface area (Å²) in [6, 6.07) is 15.8. The minimum atomic E-state index is -2.74. The summed E-state index contributed by atoms with van der Waals surface area (Å²) >= 11 is 0. The summed E-state index contributed by atoms with van der Waals surface area (Å²) < 4.78 is 17.5. The number of nitrogens with zero attached hydrogens (tertiary/aromatic N) is 1. The van der Waals surface area contributed by atoms with E-state index < -0.39 is 76.7 Å². The molecule has 1 aromatic heterocycles. The van der Waals surface area contributed by atoms with E-state index in [0.717, 1.165) is 30.0 Å². The summed E-state index contributed by atoms with van der Waals surface area (Å²) in [7, 11) is 2.06. The number of aromatic hydroxyl groups is 3. The number of nitrogens with two attached hydrogens (primary N) is 2. The van der Waals surface area contributed by atoms with Crippen molar-refractivity contribution >= 4 is 34.5 Å². The van der Waals surface area contributed by atoms with Crippen LogP contribution >= 0.6 is 0 Å². The summed E-state index contributed by atoms with van der Waals surface area (Å²) in [5, 5.41) is 80.1. The van der Waals surface area contributed by atoms with E-state index in [-0.39, 0.29) is 40.9 Å². The molecule has 4 aromatic rings. The van der Waals surface area contributed by atoms with Crippen LogP contribution in [-0.4, -0.2) is 97.5 Å². The van der Waals surface area contributed by atoms with Crippen molar-refractivity contribution in [2.75, 3.05) is 13.6 Å². The fourth-order valence-corrected chi connectivity index (χ4v) is 12.7. The first-order chi connectivity index (χ1) is 31.6. The highest BCUT2D eigenvalue weighted by Crippen LogP contribution is 2.66. The number of ether oxygens (including phenoxy) is 2. The second kappa shape index (κ2) is 16.3. The van der Waals surface area contributed by atoms with Gasteiger partial charge in [-0.2, -0.15) is 0 Å². The van der Waals surface area contributed by atoms with Gasteiger partial charge in [-0.25, -0.2) is 4.79 Å². The van der Waals surface area contributed by atoms with Gasteiger partial charge in [0.05, 0.1) is 6.54 Å². The lowest BCUT2D eigenvalue weighted by atomic mass is 9.42. The fraction of sp³-hybridized carbons (Fsp3) is 0.420. The van der Waals surface area contributed by atoms with E-state index in [1.807, 2.05) is 6.07 Å². The van der Waals surface area contributed by atoms with Gasteiger partial charge in [0, 0.05) is 23.7 Å². The third-order valence-electron chi connectivity index (χ3n) is 15.5. The second-order valence-electron chi connectivity index (χ2n) is 19.1. The Hall–Kier alpha value is -6.17. The Balaban J connectivity index is 1.07. The lowest BCUT2D eigenvalue weighted by Crippen LogP contribution is -2.70. The van der Waals surface area contributed by atoms with E-state index in [9.17, 15) is 45.3 Å². The summed E-state index contributed by atoms with van der Waals surface area (Å²) in [5.74, 6) is -1.72. The second-order valence-corrected chi connectivity index (χ2v) is 19.1. The smallest absolute Gasteiger partial charge is 0.335 e. The van der Waals surface area contributed by atoms with Crippen LogP contribution in [0.25, 0.3) is 33.9 Å². The maximum absolute atomic E-state index is 14.0. The lowest BCUT2D eigenvalue weighted by molar-refractivity contribution is -0.303. The SMILES string of the molecule is CNC1C2C=CC3C(CC4c5ccccc5C=C(c5cc(O)ccc5-c5cc(=O)c6c(O)c(O)c(OC7OC(C(=O)O)C(O)C(O)(CN=C(N)N)C7O)cc6o5)C4C31)C2C1C=CCC(C)C1. The normalized spacial score (nSPS) is 35.1. The average Bonchev–Trinajstić information content (AvgIpc) is 3.29. The zero-order valence-corrected chi connectivity index (χ0v) is 36.3. The minimum Gasteiger partial charge on any atom is -0.508 e. The lowest BCUT2D eigenvalue weighted by Gasteiger charge is -2.63. The van der Waals surface area contributed by atoms with E-state index in [2.05, 4.69) is 72.9 Å². The summed E-state index contributed by atoms with van der Waals surface area (Å²) in [4.78, 5) is 29.8. The number of aliphatic imine (C=N–C) groups is 1. The molecule has 66 heavy (non-hydrogen) atoms. The number of carboxylic acid groups (broad SMARTS) is 1. The molecule has 15 unspecified atom stereocenters. The quantitative estimate of drug-likeness (QED) is 0.0492. The predicted octanol–water partition coefficient (Wildman–Crippen LogP) is 4.00. The number of aliphatic carboxylic acids is 1. The fourth-order valence-electron chi connectivity index (χ4n) is 12.7. The Labute approximate surface area is 379 Å². The monoisotopic (exact) mass is 902 g/mol. The van der Waals surface area contributed by atoms with Crippen LogP contribution < -0.4 is 26.9 Å². The molecule has 2 heterocycles. The number of hydrogen-bond acceptors (Lipinski definition) is 13. The van der Waals surface area contributed by atoms with Gasteiger partial charge in [-0.05, 0) is 120 Å². The van der Waals surface area contributed by atoms with E-state index in [1.165, 1.54) is 24.1 Å². The molecule has 15 atom stereocenters. The first kappa shape index (κ1) is 43.7. The van der Waals surface area contributed by atoms with E-state index in [0.29, 0.717) is 46.6 Å². The van der Waals surface area contributed by atoms with Crippen molar-refractivity contribution in [1.82, 2.24) is 5.32 Å². The number of carbonyl (C=O) groups is 1. The molecule has 2 saturated carbocycles. The number of phenols is 3. The third kappa shape index (κ3) is 6.87. The van der Waals surface area contributed by atoms with E-state index >= 15 is 0 Å². The van der Waals surface area contributed by atoms with Gasteiger partial charge in [-0.1, -0.05) is 61.6 Å². The van der Waals surface area contributed by atoms with Crippen LogP contribution in [0.2, 0.25) is 0 Å². The number of aliphatic hydroxyl groups is 3. The molecular formula is C50H54N4O12. The highest BCUT2D eigenvalue weighted by Gasteiger charge is 2.61. The van der Waals surface area contributed by atoms with Crippen molar-refractivity contribution in [3.05, 3.63) is 106 Å². The Bertz CT molecular complexity index is 2800.